The Morgan fingerprint density at radius 3 is 2.38 bits per heavy atom. The van der Waals surface area contributed by atoms with Gasteiger partial charge in [0.25, 0.3) is 0 Å². The number of hydrogen-bond acceptors (Lipinski definition) is 6. The number of carbonyl (C=O) groups excluding carboxylic acids is 3. The number of likely N-dealkylation sites (tertiary alicyclic amines) is 1. The van der Waals surface area contributed by atoms with Crippen molar-refractivity contribution >= 4 is 29.7 Å². The summed E-state index contributed by atoms with van der Waals surface area (Å²) >= 11 is 6.04. The fourth-order valence-corrected chi connectivity index (χ4v) is 4.46. The van der Waals surface area contributed by atoms with Gasteiger partial charge in [0.1, 0.15) is 6.04 Å². The van der Waals surface area contributed by atoms with Gasteiger partial charge in [0.15, 0.2) is 12.5 Å². The molecule has 10 heteroatoms. The fraction of sp³-hybridized carbons (Fsp3) is 0.625. The van der Waals surface area contributed by atoms with E-state index in [0.29, 0.717) is 18.1 Å². The zero-order valence-corrected chi connectivity index (χ0v) is 21.4. The summed E-state index contributed by atoms with van der Waals surface area (Å²) in [5.41, 5.74) is -0.393. The van der Waals surface area contributed by atoms with Gasteiger partial charge in [0.2, 0.25) is 5.91 Å². The number of nitrogens with one attached hydrogen (secondary N) is 2. The van der Waals surface area contributed by atoms with E-state index >= 15 is 0 Å². The van der Waals surface area contributed by atoms with Crippen molar-refractivity contribution in [1.82, 2.24) is 15.5 Å². The van der Waals surface area contributed by atoms with Gasteiger partial charge in [-0.1, -0.05) is 51.4 Å². The Hall–Kier alpha value is -2.52. The Labute approximate surface area is 206 Å². The Morgan fingerprint density at radius 1 is 1.24 bits per heavy atom. The molecule has 0 aliphatic carbocycles. The molecule has 1 fully saturated rings. The van der Waals surface area contributed by atoms with Crippen LogP contribution in [0.5, 0.6) is 0 Å². The molecule has 0 aromatic heterocycles. The third kappa shape index (κ3) is 7.50. The van der Waals surface area contributed by atoms with Crippen LogP contribution in [0.15, 0.2) is 24.3 Å². The van der Waals surface area contributed by atoms with Crippen molar-refractivity contribution in [2.75, 3.05) is 19.9 Å². The zero-order valence-electron chi connectivity index (χ0n) is 20.7. The van der Waals surface area contributed by atoms with E-state index in [4.69, 9.17) is 21.4 Å². The van der Waals surface area contributed by atoms with Gasteiger partial charge in [-0.3, -0.25) is 4.79 Å². The molecule has 0 bridgehead atoms. The quantitative estimate of drug-likeness (QED) is 0.389. The summed E-state index contributed by atoms with van der Waals surface area (Å²) in [4.78, 5) is 39.3. The number of nitrogens with zero attached hydrogens (tertiary/aromatic N) is 1. The van der Waals surface area contributed by atoms with E-state index in [9.17, 15) is 14.4 Å². The van der Waals surface area contributed by atoms with Crippen molar-refractivity contribution in [3.8, 4) is 0 Å². The first-order valence-corrected chi connectivity index (χ1v) is 11.7. The van der Waals surface area contributed by atoms with Crippen LogP contribution in [0.25, 0.3) is 0 Å². The number of amides is 3. The first-order chi connectivity index (χ1) is 15.8. The molecule has 0 radical (unpaired) electrons. The predicted molar refractivity (Wildman–Crippen MR) is 128 cm³/mol. The Bertz CT molecular complexity index is 872. The molecule has 1 aliphatic rings. The van der Waals surface area contributed by atoms with Crippen molar-refractivity contribution < 1.29 is 29.0 Å². The van der Waals surface area contributed by atoms with Crippen LogP contribution < -0.4 is 10.6 Å². The molecule has 1 saturated heterocycles. The Morgan fingerprint density at radius 2 is 1.85 bits per heavy atom. The SMILES string of the molecule is CC(C)C(NC(=O)NC(C)(C)OC(=O)OCO)C(=O)N1CCC(c2ccc(Cl)cc2)C(C)(C)C1. The lowest BCUT2D eigenvalue weighted by Gasteiger charge is -2.45. The summed E-state index contributed by atoms with van der Waals surface area (Å²) in [5, 5.41) is 14.5. The molecule has 3 amide bonds. The maximum atomic E-state index is 13.4. The molecule has 3 N–H and O–H groups in total. The number of piperidine rings is 1. The highest BCUT2D eigenvalue weighted by Gasteiger charge is 2.41. The summed E-state index contributed by atoms with van der Waals surface area (Å²) in [6, 6.07) is 6.42. The summed E-state index contributed by atoms with van der Waals surface area (Å²) in [6.45, 7) is 11.2. The molecular formula is C24H36ClN3O6. The molecule has 1 aromatic rings. The second-order valence-electron chi connectivity index (χ2n) is 10.1. The molecule has 1 heterocycles. The minimum absolute atomic E-state index is 0.161. The fourth-order valence-electron chi connectivity index (χ4n) is 4.33. The second-order valence-corrected chi connectivity index (χ2v) is 10.5. The van der Waals surface area contributed by atoms with Gasteiger partial charge in [-0.05, 0) is 55.2 Å². The number of carbonyl (C=O) groups is 3. The van der Waals surface area contributed by atoms with Gasteiger partial charge in [-0.2, -0.15) is 0 Å². The predicted octanol–water partition coefficient (Wildman–Crippen LogP) is 3.85. The van der Waals surface area contributed by atoms with Crippen LogP contribution in [-0.4, -0.2) is 59.7 Å². The van der Waals surface area contributed by atoms with Crippen LogP contribution in [0, 0.1) is 11.3 Å². The van der Waals surface area contributed by atoms with Crippen LogP contribution in [0.1, 0.15) is 59.4 Å². The first kappa shape index (κ1) is 27.7. The highest BCUT2D eigenvalue weighted by atomic mass is 35.5. The molecule has 2 atom stereocenters. The summed E-state index contributed by atoms with van der Waals surface area (Å²) < 4.78 is 9.28. The number of aliphatic hydroxyl groups excluding tert-OH is 1. The lowest BCUT2D eigenvalue weighted by molar-refractivity contribution is -0.138. The minimum atomic E-state index is -1.42. The molecule has 0 saturated carbocycles. The monoisotopic (exact) mass is 497 g/mol. The lowest BCUT2D eigenvalue weighted by Crippen LogP contribution is -2.59. The average Bonchev–Trinajstić information content (AvgIpc) is 2.70. The van der Waals surface area contributed by atoms with Crippen molar-refractivity contribution in [2.24, 2.45) is 11.3 Å². The molecule has 0 spiro atoms. The van der Waals surface area contributed by atoms with Crippen molar-refractivity contribution in [1.29, 1.82) is 0 Å². The van der Waals surface area contributed by atoms with Crippen LogP contribution in [0.3, 0.4) is 0 Å². The number of urea groups is 1. The summed E-state index contributed by atoms with van der Waals surface area (Å²) in [7, 11) is 0. The minimum Gasteiger partial charge on any atom is -0.408 e. The Balaban J connectivity index is 2.05. The number of rotatable bonds is 7. The molecule has 190 valence electrons. The van der Waals surface area contributed by atoms with Crippen LogP contribution in [0.4, 0.5) is 9.59 Å². The topological polar surface area (TPSA) is 117 Å². The van der Waals surface area contributed by atoms with E-state index in [1.807, 2.05) is 38.1 Å². The highest BCUT2D eigenvalue weighted by molar-refractivity contribution is 6.30. The van der Waals surface area contributed by atoms with Crippen LogP contribution >= 0.6 is 11.6 Å². The largest absolute Gasteiger partial charge is 0.512 e. The molecule has 34 heavy (non-hydrogen) atoms. The van der Waals surface area contributed by atoms with Crippen LogP contribution in [-0.2, 0) is 14.3 Å². The molecule has 1 aliphatic heterocycles. The third-order valence-electron chi connectivity index (χ3n) is 5.97. The maximum absolute atomic E-state index is 13.4. The number of benzene rings is 1. The van der Waals surface area contributed by atoms with E-state index in [1.165, 1.54) is 19.4 Å². The van der Waals surface area contributed by atoms with Crippen LogP contribution in [0.2, 0.25) is 5.02 Å². The standard InChI is InChI=1S/C24H36ClN3O6/c1-15(2)19(26-21(31)27-24(5,6)34-22(32)33-14-29)20(30)28-12-11-18(23(3,4)13-28)16-7-9-17(25)10-8-16/h7-10,15,18-19,29H,11-14H2,1-6H3,(H2,26,27,31). The van der Waals surface area contributed by atoms with Gasteiger partial charge >= 0.3 is 12.2 Å². The smallest absolute Gasteiger partial charge is 0.408 e. The van der Waals surface area contributed by atoms with Gasteiger partial charge in [-0.15, -0.1) is 0 Å². The van der Waals surface area contributed by atoms with Crippen molar-refractivity contribution in [3.05, 3.63) is 34.9 Å². The van der Waals surface area contributed by atoms with E-state index < -0.39 is 30.7 Å². The average molecular weight is 498 g/mol. The normalized spacial score (nSPS) is 18.7. The van der Waals surface area contributed by atoms with Gasteiger partial charge in [-0.25, -0.2) is 9.59 Å². The second kappa shape index (κ2) is 11.3. The molecule has 1 aromatic carbocycles. The van der Waals surface area contributed by atoms with Gasteiger partial charge in [0.05, 0.1) is 0 Å². The van der Waals surface area contributed by atoms with Crippen molar-refractivity contribution in [3.63, 3.8) is 0 Å². The zero-order chi connectivity index (χ0) is 25.7. The van der Waals surface area contributed by atoms with Gasteiger partial charge in [0, 0.05) is 18.1 Å². The van der Waals surface area contributed by atoms with E-state index in [1.54, 1.807) is 4.90 Å². The Kier molecular flexibility index (Phi) is 9.19. The number of hydrogen-bond donors (Lipinski definition) is 3. The number of ether oxygens (including phenoxy) is 2. The van der Waals surface area contributed by atoms with Crippen molar-refractivity contribution in [2.45, 2.75) is 65.6 Å². The first-order valence-electron chi connectivity index (χ1n) is 11.4. The summed E-state index contributed by atoms with van der Waals surface area (Å²) in [5.74, 6) is -0.0517. The maximum Gasteiger partial charge on any atom is 0.512 e. The molecule has 2 unspecified atom stereocenters. The molecule has 2 rings (SSSR count). The van der Waals surface area contributed by atoms with Gasteiger partial charge < -0.3 is 30.1 Å². The summed E-state index contributed by atoms with van der Waals surface area (Å²) in [6.07, 6.45) is -0.333. The molecular weight excluding hydrogens is 462 g/mol. The lowest BCUT2D eigenvalue weighted by atomic mass is 9.70. The number of aliphatic hydroxyl groups is 1. The number of halogens is 1. The third-order valence-corrected chi connectivity index (χ3v) is 6.22. The highest BCUT2D eigenvalue weighted by Crippen LogP contribution is 2.42. The van der Waals surface area contributed by atoms with E-state index in [2.05, 4.69) is 29.2 Å². The molecule has 9 nitrogen and oxygen atoms in total. The van der Waals surface area contributed by atoms with E-state index in [-0.39, 0.29) is 23.2 Å². The van der Waals surface area contributed by atoms with E-state index in [0.717, 1.165) is 6.42 Å².